The summed E-state index contributed by atoms with van der Waals surface area (Å²) in [7, 11) is 0. The molecule has 1 aromatic carbocycles. The van der Waals surface area contributed by atoms with Crippen LogP contribution in [-0.2, 0) is 6.54 Å². The molecular formula is C12H14N4O3. The topological polar surface area (TPSA) is 94.1 Å². The fourth-order valence-electron chi connectivity index (χ4n) is 1.62. The number of nitrogens with one attached hydrogen (secondary N) is 1. The highest BCUT2D eigenvalue weighted by Gasteiger charge is 2.15. The molecule has 19 heavy (non-hydrogen) atoms. The van der Waals surface area contributed by atoms with Gasteiger partial charge in [-0.3, -0.25) is 10.1 Å². The number of hydrogen-bond donors (Lipinski definition) is 1. The van der Waals surface area contributed by atoms with Gasteiger partial charge in [-0.15, -0.1) is 0 Å². The molecule has 0 spiro atoms. The molecule has 7 nitrogen and oxygen atoms in total. The average Bonchev–Trinajstić information content (AvgIpc) is 2.85. The van der Waals surface area contributed by atoms with Crippen LogP contribution < -0.4 is 5.32 Å². The van der Waals surface area contributed by atoms with Crippen LogP contribution in [0.5, 0.6) is 0 Å². The Labute approximate surface area is 109 Å². The Bertz CT molecular complexity index is 594. The van der Waals surface area contributed by atoms with Crippen LogP contribution >= 0.6 is 0 Å². The Balaban J connectivity index is 2.29. The van der Waals surface area contributed by atoms with Gasteiger partial charge in [0.25, 0.3) is 11.6 Å². The molecule has 0 bridgehead atoms. The molecule has 0 saturated carbocycles. The molecule has 0 unspecified atom stereocenters. The highest BCUT2D eigenvalue weighted by molar-refractivity contribution is 5.59. The van der Waals surface area contributed by atoms with Gasteiger partial charge in [0.15, 0.2) is 5.82 Å². The molecule has 2 rings (SSSR count). The molecule has 1 heterocycles. The predicted molar refractivity (Wildman–Crippen MR) is 68.5 cm³/mol. The minimum atomic E-state index is -0.422. The molecule has 0 amide bonds. The van der Waals surface area contributed by atoms with Crippen LogP contribution in [0.1, 0.15) is 18.3 Å². The SMILES string of the molecule is CCNCc1noc(-c2ccc(C)c([N+](=O)[O-])c2)n1. The van der Waals surface area contributed by atoms with Crippen LogP contribution in [0, 0.1) is 17.0 Å². The first-order chi connectivity index (χ1) is 9.11. The second-order valence-electron chi connectivity index (χ2n) is 4.05. The minimum Gasteiger partial charge on any atom is -0.334 e. The zero-order valence-electron chi connectivity index (χ0n) is 10.7. The van der Waals surface area contributed by atoms with Crippen LogP contribution in [0.25, 0.3) is 11.5 Å². The predicted octanol–water partition coefficient (Wildman–Crippen LogP) is 2.06. The van der Waals surface area contributed by atoms with Crippen molar-refractivity contribution in [3.63, 3.8) is 0 Å². The zero-order valence-corrected chi connectivity index (χ0v) is 10.7. The summed E-state index contributed by atoms with van der Waals surface area (Å²) in [5.41, 5.74) is 1.19. The number of benzene rings is 1. The summed E-state index contributed by atoms with van der Waals surface area (Å²) in [5.74, 6) is 0.816. The maximum Gasteiger partial charge on any atom is 0.273 e. The van der Waals surface area contributed by atoms with Gasteiger partial charge in [0.1, 0.15) is 0 Å². The van der Waals surface area contributed by atoms with E-state index in [0.29, 0.717) is 23.5 Å². The summed E-state index contributed by atoms with van der Waals surface area (Å²) < 4.78 is 5.10. The van der Waals surface area contributed by atoms with E-state index in [0.717, 1.165) is 6.54 Å². The molecule has 0 fully saturated rings. The van der Waals surface area contributed by atoms with Crippen molar-refractivity contribution in [2.75, 3.05) is 6.54 Å². The molecule has 0 saturated heterocycles. The first-order valence-corrected chi connectivity index (χ1v) is 5.90. The second-order valence-corrected chi connectivity index (χ2v) is 4.05. The lowest BCUT2D eigenvalue weighted by Crippen LogP contribution is -2.12. The van der Waals surface area contributed by atoms with Crippen molar-refractivity contribution in [2.45, 2.75) is 20.4 Å². The third-order valence-corrected chi connectivity index (χ3v) is 2.65. The zero-order chi connectivity index (χ0) is 13.8. The van der Waals surface area contributed by atoms with Crippen molar-refractivity contribution < 1.29 is 9.45 Å². The molecule has 2 aromatic rings. The number of nitrogens with zero attached hydrogens (tertiary/aromatic N) is 3. The molecule has 0 atom stereocenters. The number of nitro groups is 1. The molecule has 0 aliphatic heterocycles. The third-order valence-electron chi connectivity index (χ3n) is 2.65. The van der Waals surface area contributed by atoms with Gasteiger partial charge < -0.3 is 9.84 Å². The van der Waals surface area contributed by atoms with Crippen LogP contribution in [-0.4, -0.2) is 21.6 Å². The summed E-state index contributed by atoms with van der Waals surface area (Å²) in [6.45, 7) is 4.98. The van der Waals surface area contributed by atoms with E-state index in [4.69, 9.17) is 4.52 Å². The maximum absolute atomic E-state index is 10.9. The van der Waals surface area contributed by atoms with Crippen molar-refractivity contribution in [3.05, 3.63) is 39.7 Å². The number of aromatic nitrogens is 2. The lowest BCUT2D eigenvalue weighted by Gasteiger charge is -1.98. The first kappa shape index (κ1) is 13.2. The van der Waals surface area contributed by atoms with E-state index in [1.54, 1.807) is 19.1 Å². The highest BCUT2D eigenvalue weighted by atomic mass is 16.6. The molecule has 0 radical (unpaired) electrons. The Morgan fingerprint density at radius 1 is 1.47 bits per heavy atom. The third kappa shape index (κ3) is 2.94. The van der Waals surface area contributed by atoms with Crippen molar-refractivity contribution in [1.82, 2.24) is 15.5 Å². The van der Waals surface area contributed by atoms with Gasteiger partial charge in [-0.1, -0.05) is 18.1 Å². The van der Waals surface area contributed by atoms with Gasteiger partial charge >= 0.3 is 0 Å². The largest absolute Gasteiger partial charge is 0.334 e. The quantitative estimate of drug-likeness (QED) is 0.654. The van der Waals surface area contributed by atoms with Gasteiger partial charge in [-0.25, -0.2) is 0 Å². The molecule has 1 aromatic heterocycles. The molecule has 7 heteroatoms. The van der Waals surface area contributed by atoms with Crippen LogP contribution in [0.2, 0.25) is 0 Å². The summed E-state index contributed by atoms with van der Waals surface area (Å²) in [6, 6.07) is 4.84. The summed E-state index contributed by atoms with van der Waals surface area (Å²) in [4.78, 5) is 14.6. The van der Waals surface area contributed by atoms with E-state index in [-0.39, 0.29) is 11.6 Å². The lowest BCUT2D eigenvalue weighted by molar-refractivity contribution is -0.385. The average molecular weight is 262 g/mol. The van der Waals surface area contributed by atoms with Gasteiger partial charge in [0, 0.05) is 17.2 Å². The first-order valence-electron chi connectivity index (χ1n) is 5.90. The van der Waals surface area contributed by atoms with E-state index >= 15 is 0 Å². The van der Waals surface area contributed by atoms with E-state index in [9.17, 15) is 10.1 Å². The van der Waals surface area contributed by atoms with Crippen molar-refractivity contribution in [2.24, 2.45) is 0 Å². The molecule has 1 N–H and O–H groups in total. The monoisotopic (exact) mass is 262 g/mol. The normalized spacial score (nSPS) is 10.6. The Morgan fingerprint density at radius 3 is 2.95 bits per heavy atom. The maximum atomic E-state index is 10.9. The highest BCUT2D eigenvalue weighted by Crippen LogP contribution is 2.25. The van der Waals surface area contributed by atoms with E-state index < -0.39 is 4.92 Å². The van der Waals surface area contributed by atoms with Crippen molar-refractivity contribution in [1.29, 1.82) is 0 Å². The van der Waals surface area contributed by atoms with Gasteiger partial charge in [-0.05, 0) is 19.5 Å². The second kappa shape index (κ2) is 5.57. The number of nitro benzene ring substituents is 1. The van der Waals surface area contributed by atoms with Crippen molar-refractivity contribution >= 4 is 5.69 Å². The number of hydrogen-bond acceptors (Lipinski definition) is 6. The van der Waals surface area contributed by atoms with Crippen LogP contribution in [0.3, 0.4) is 0 Å². The van der Waals surface area contributed by atoms with Gasteiger partial charge in [0.2, 0.25) is 0 Å². The van der Waals surface area contributed by atoms with E-state index in [1.165, 1.54) is 6.07 Å². The Hall–Kier alpha value is -2.28. The van der Waals surface area contributed by atoms with Gasteiger partial charge in [-0.2, -0.15) is 4.98 Å². The van der Waals surface area contributed by atoms with Crippen LogP contribution in [0.4, 0.5) is 5.69 Å². The Morgan fingerprint density at radius 2 is 2.26 bits per heavy atom. The molecule has 0 aliphatic carbocycles. The fourth-order valence-corrected chi connectivity index (χ4v) is 1.62. The smallest absolute Gasteiger partial charge is 0.273 e. The van der Waals surface area contributed by atoms with Gasteiger partial charge in [0.05, 0.1) is 11.5 Å². The lowest BCUT2D eigenvalue weighted by atomic mass is 10.1. The number of rotatable bonds is 5. The standard InChI is InChI=1S/C12H14N4O3/c1-3-13-7-11-14-12(19-15-11)9-5-4-8(2)10(6-9)16(17)18/h4-6,13H,3,7H2,1-2H3. The van der Waals surface area contributed by atoms with Crippen molar-refractivity contribution in [3.8, 4) is 11.5 Å². The van der Waals surface area contributed by atoms with E-state index in [1.807, 2.05) is 6.92 Å². The molecular weight excluding hydrogens is 248 g/mol. The molecule has 100 valence electrons. The van der Waals surface area contributed by atoms with Crippen LogP contribution in [0.15, 0.2) is 22.7 Å². The van der Waals surface area contributed by atoms with E-state index in [2.05, 4.69) is 15.5 Å². The summed E-state index contributed by atoms with van der Waals surface area (Å²) in [6.07, 6.45) is 0. The Kier molecular flexibility index (Phi) is 3.86. The summed E-state index contributed by atoms with van der Waals surface area (Å²) in [5, 5.41) is 17.8. The number of aryl methyl sites for hydroxylation is 1. The summed E-state index contributed by atoms with van der Waals surface area (Å²) >= 11 is 0. The minimum absolute atomic E-state index is 0.0453. The fraction of sp³-hybridized carbons (Fsp3) is 0.333. The molecule has 0 aliphatic rings.